The highest BCUT2D eigenvalue weighted by atomic mass is 16.5. The fourth-order valence-corrected chi connectivity index (χ4v) is 4.92. The molecule has 3 aromatic carbocycles. The summed E-state index contributed by atoms with van der Waals surface area (Å²) >= 11 is 0. The van der Waals surface area contributed by atoms with Crippen LogP contribution in [-0.4, -0.2) is 17.6 Å². The minimum atomic E-state index is -0.0934. The van der Waals surface area contributed by atoms with Gasteiger partial charge < -0.3 is 14.6 Å². The molecular formula is C30H30N2O2. The van der Waals surface area contributed by atoms with Crippen LogP contribution < -0.4 is 10.1 Å². The van der Waals surface area contributed by atoms with Crippen LogP contribution >= 0.6 is 0 Å². The first-order chi connectivity index (χ1) is 16.6. The molecule has 1 amide bonds. The van der Waals surface area contributed by atoms with E-state index < -0.39 is 0 Å². The number of methoxy groups -OCH3 is 1. The second-order valence-electron chi connectivity index (χ2n) is 9.09. The minimum Gasteiger partial charge on any atom is -0.496 e. The van der Waals surface area contributed by atoms with Gasteiger partial charge in [-0.25, -0.2) is 0 Å². The molecule has 0 saturated carbocycles. The third-order valence-electron chi connectivity index (χ3n) is 6.72. The molecule has 0 spiro atoms. The number of nitrogens with zero attached hydrogens (tertiary/aromatic N) is 1. The van der Waals surface area contributed by atoms with Crippen LogP contribution in [0.4, 0.5) is 0 Å². The first-order valence-electron chi connectivity index (χ1n) is 11.9. The molecule has 1 heterocycles. The Bertz CT molecular complexity index is 1290. The molecule has 0 aliphatic heterocycles. The van der Waals surface area contributed by atoms with Crippen molar-refractivity contribution >= 4 is 5.91 Å². The maximum absolute atomic E-state index is 12.8. The number of hydrogen-bond acceptors (Lipinski definition) is 2. The normalized spacial score (nSPS) is 14.9. The Kier molecular flexibility index (Phi) is 6.22. The molecule has 1 aliphatic carbocycles. The number of amides is 1. The first-order valence-corrected chi connectivity index (χ1v) is 11.9. The molecule has 1 aliphatic rings. The second kappa shape index (κ2) is 9.60. The third-order valence-corrected chi connectivity index (χ3v) is 6.72. The molecule has 1 atom stereocenters. The maximum atomic E-state index is 12.8. The van der Waals surface area contributed by atoms with Gasteiger partial charge in [0.2, 0.25) is 0 Å². The van der Waals surface area contributed by atoms with Gasteiger partial charge in [0.25, 0.3) is 5.91 Å². The Morgan fingerprint density at radius 1 is 1.00 bits per heavy atom. The molecule has 1 aromatic heterocycles. The van der Waals surface area contributed by atoms with E-state index in [2.05, 4.69) is 65.3 Å². The summed E-state index contributed by atoms with van der Waals surface area (Å²) in [5.41, 5.74) is 7.96. The summed E-state index contributed by atoms with van der Waals surface area (Å²) in [6.07, 6.45) is 3.39. The Morgan fingerprint density at radius 2 is 1.74 bits per heavy atom. The number of ether oxygens (including phenoxy) is 1. The van der Waals surface area contributed by atoms with Gasteiger partial charge in [0.15, 0.2) is 0 Å². The predicted molar refractivity (Wildman–Crippen MR) is 137 cm³/mol. The first kappa shape index (κ1) is 22.0. The topological polar surface area (TPSA) is 43.3 Å². The number of benzene rings is 3. The lowest BCUT2D eigenvalue weighted by Gasteiger charge is -2.21. The number of para-hydroxylation sites is 1. The van der Waals surface area contributed by atoms with E-state index in [0.717, 1.165) is 29.8 Å². The zero-order valence-corrected chi connectivity index (χ0v) is 19.8. The van der Waals surface area contributed by atoms with Gasteiger partial charge >= 0.3 is 0 Å². The monoisotopic (exact) mass is 450 g/mol. The van der Waals surface area contributed by atoms with Gasteiger partial charge in [-0.05, 0) is 72.7 Å². The summed E-state index contributed by atoms with van der Waals surface area (Å²) in [5, 5.41) is 3.01. The second-order valence-corrected chi connectivity index (χ2v) is 9.09. The highest BCUT2D eigenvalue weighted by Gasteiger charge is 2.23. The molecule has 4 heteroatoms. The number of carbonyl (C=O) groups is 1. The number of nitrogens with one attached hydrogen (secondary N) is 1. The lowest BCUT2D eigenvalue weighted by Crippen LogP contribution is -2.23. The van der Waals surface area contributed by atoms with Crippen molar-refractivity contribution in [2.24, 2.45) is 5.92 Å². The minimum absolute atomic E-state index is 0.0934. The van der Waals surface area contributed by atoms with Gasteiger partial charge in [-0.15, -0.1) is 0 Å². The van der Waals surface area contributed by atoms with E-state index in [9.17, 15) is 4.79 Å². The Morgan fingerprint density at radius 3 is 2.50 bits per heavy atom. The number of rotatable bonds is 6. The van der Waals surface area contributed by atoms with Crippen LogP contribution in [0.3, 0.4) is 0 Å². The number of carbonyl (C=O) groups excluding carboxylic acids is 1. The van der Waals surface area contributed by atoms with Crippen LogP contribution in [0, 0.1) is 5.92 Å². The summed E-state index contributed by atoms with van der Waals surface area (Å²) in [6.45, 7) is 2.76. The van der Waals surface area contributed by atoms with Gasteiger partial charge in [-0.2, -0.15) is 0 Å². The smallest absolute Gasteiger partial charge is 0.251 e. The number of fused-ring (bicyclic) bond motifs is 1. The molecule has 0 saturated heterocycles. The van der Waals surface area contributed by atoms with E-state index in [4.69, 9.17) is 4.74 Å². The molecule has 0 fully saturated rings. The van der Waals surface area contributed by atoms with E-state index in [1.165, 1.54) is 28.9 Å². The van der Waals surface area contributed by atoms with Crippen molar-refractivity contribution in [3.63, 3.8) is 0 Å². The van der Waals surface area contributed by atoms with Gasteiger partial charge in [0.1, 0.15) is 5.75 Å². The van der Waals surface area contributed by atoms with Gasteiger partial charge in [-0.3, -0.25) is 4.79 Å². The van der Waals surface area contributed by atoms with E-state index >= 15 is 0 Å². The summed E-state index contributed by atoms with van der Waals surface area (Å²) in [5.74, 6) is 1.39. The molecule has 5 rings (SSSR count). The molecule has 172 valence electrons. The Hall–Kier alpha value is -3.79. The van der Waals surface area contributed by atoms with Gasteiger partial charge in [-0.1, -0.05) is 55.5 Å². The summed E-state index contributed by atoms with van der Waals surface area (Å²) in [7, 11) is 1.64. The molecule has 1 N–H and O–H groups in total. The molecule has 34 heavy (non-hydrogen) atoms. The van der Waals surface area contributed by atoms with Crippen molar-refractivity contribution in [2.75, 3.05) is 7.11 Å². The Balaban J connectivity index is 1.42. The molecule has 0 radical (unpaired) electrons. The lowest BCUT2D eigenvalue weighted by atomic mass is 9.89. The van der Waals surface area contributed by atoms with E-state index in [1.807, 2.05) is 36.4 Å². The molecule has 0 unspecified atom stereocenters. The molecule has 4 nitrogen and oxygen atoms in total. The molecule has 0 bridgehead atoms. The quantitative estimate of drug-likeness (QED) is 0.380. The van der Waals surface area contributed by atoms with Crippen molar-refractivity contribution in [1.82, 2.24) is 9.88 Å². The fourth-order valence-electron chi connectivity index (χ4n) is 4.92. The summed E-state index contributed by atoms with van der Waals surface area (Å²) in [4.78, 5) is 12.8. The average Bonchev–Trinajstić information content (AvgIpc) is 3.26. The van der Waals surface area contributed by atoms with Crippen LogP contribution in [0.5, 0.6) is 5.75 Å². The zero-order chi connectivity index (χ0) is 23.5. The molecule has 4 aromatic rings. The Labute approximate surface area is 201 Å². The maximum Gasteiger partial charge on any atom is 0.251 e. The predicted octanol–water partition coefficient (Wildman–Crippen LogP) is 6.21. The average molecular weight is 451 g/mol. The lowest BCUT2D eigenvalue weighted by molar-refractivity contribution is 0.0950. The van der Waals surface area contributed by atoms with Crippen LogP contribution in [0.2, 0.25) is 0 Å². The van der Waals surface area contributed by atoms with Gasteiger partial charge in [0, 0.05) is 29.1 Å². The highest BCUT2D eigenvalue weighted by Crippen LogP contribution is 2.35. The number of hydrogen-bond donors (Lipinski definition) is 1. The summed E-state index contributed by atoms with van der Waals surface area (Å²) < 4.78 is 7.77. The molecular weight excluding hydrogens is 420 g/mol. The third kappa shape index (κ3) is 4.36. The standard InChI is InChI=1S/C30H30N2O2/c1-21-12-17-27-25(18-21)19-28(22-8-4-3-5-9-22)32(27)26-15-13-23(14-16-26)30(33)31-20-24-10-6-7-11-29(24)34-2/h3-11,13-16,19,21H,12,17-18,20H2,1-2H3,(H,31,33)/t21-/m0/s1. The SMILES string of the molecule is COc1ccccc1CNC(=O)c1ccc(-n2c(-c3ccccc3)cc3c2CC[C@H](C)C3)cc1. The van der Waals surface area contributed by atoms with Crippen LogP contribution in [0.15, 0.2) is 84.9 Å². The van der Waals surface area contributed by atoms with Crippen molar-refractivity contribution in [2.45, 2.75) is 32.7 Å². The van der Waals surface area contributed by atoms with E-state index in [1.54, 1.807) is 7.11 Å². The van der Waals surface area contributed by atoms with Crippen molar-refractivity contribution in [1.29, 1.82) is 0 Å². The fraction of sp³-hybridized carbons (Fsp3) is 0.233. The van der Waals surface area contributed by atoms with Crippen LogP contribution in [0.1, 0.15) is 40.5 Å². The number of aromatic nitrogens is 1. The van der Waals surface area contributed by atoms with Crippen molar-refractivity contribution in [3.05, 3.63) is 107 Å². The largest absolute Gasteiger partial charge is 0.496 e. The van der Waals surface area contributed by atoms with Gasteiger partial charge in [0.05, 0.1) is 12.8 Å². The van der Waals surface area contributed by atoms with Crippen molar-refractivity contribution in [3.8, 4) is 22.7 Å². The van der Waals surface area contributed by atoms with Crippen LogP contribution in [0.25, 0.3) is 16.9 Å². The zero-order valence-electron chi connectivity index (χ0n) is 19.8. The van der Waals surface area contributed by atoms with Crippen molar-refractivity contribution < 1.29 is 9.53 Å². The summed E-state index contributed by atoms with van der Waals surface area (Å²) in [6, 6.07) is 28.6. The van der Waals surface area contributed by atoms with Crippen LogP contribution in [-0.2, 0) is 19.4 Å². The van der Waals surface area contributed by atoms with E-state index in [0.29, 0.717) is 18.0 Å². The van der Waals surface area contributed by atoms with E-state index in [-0.39, 0.29) is 5.91 Å². The highest BCUT2D eigenvalue weighted by molar-refractivity contribution is 5.94.